The number of hydrogen-bond acceptors (Lipinski definition) is 2. The first-order chi connectivity index (χ1) is 15.4. The summed E-state index contributed by atoms with van der Waals surface area (Å²) in [6.45, 7) is 12.4. The Kier molecular flexibility index (Phi) is 6.64. The number of imidazole rings is 1. The van der Waals surface area contributed by atoms with Crippen LogP contribution in [0.3, 0.4) is 0 Å². The average molecular weight is 427 g/mol. The molecule has 3 nitrogen and oxygen atoms in total. The molecule has 32 heavy (non-hydrogen) atoms. The second-order valence-corrected chi connectivity index (χ2v) is 9.34. The predicted molar refractivity (Wildman–Crippen MR) is 134 cm³/mol. The van der Waals surface area contributed by atoms with Crippen molar-refractivity contribution in [3.63, 3.8) is 0 Å². The Morgan fingerprint density at radius 1 is 0.875 bits per heavy atom. The number of aromatic nitrogens is 2. The van der Waals surface area contributed by atoms with Gasteiger partial charge >= 0.3 is 0 Å². The molecule has 1 aromatic heterocycles. The van der Waals surface area contributed by atoms with E-state index in [2.05, 4.69) is 106 Å². The van der Waals surface area contributed by atoms with Crippen LogP contribution in [0, 0.1) is 19.8 Å². The third kappa shape index (κ3) is 5.04. The molecule has 0 saturated heterocycles. The van der Waals surface area contributed by atoms with Crippen LogP contribution >= 0.6 is 0 Å². The Bertz CT molecular complexity index is 1170. The molecule has 0 saturated carbocycles. The summed E-state index contributed by atoms with van der Waals surface area (Å²) >= 11 is 0. The molecule has 1 heterocycles. The van der Waals surface area contributed by atoms with Crippen molar-refractivity contribution >= 4 is 11.0 Å². The van der Waals surface area contributed by atoms with Crippen molar-refractivity contribution in [1.29, 1.82) is 0 Å². The van der Waals surface area contributed by atoms with Gasteiger partial charge in [-0.05, 0) is 72.7 Å². The summed E-state index contributed by atoms with van der Waals surface area (Å²) in [5.41, 5.74) is 7.34. The first kappa shape index (κ1) is 22.1. The molecule has 1 atom stereocenters. The fourth-order valence-corrected chi connectivity index (χ4v) is 4.49. The molecule has 4 rings (SSSR count). The van der Waals surface area contributed by atoms with E-state index in [0.717, 1.165) is 35.6 Å². The lowest BCUT2D eigenvalue weighted by atomic mass is 9.96. The molecule has 166 valence electrons. The maximum absolute atomic E-state index is 6.13. The summed E-state index contributed by atoms with van der Waals surface area (Å²) in [5, 5.41) is 0. The van der Waals surface area contributed by atoms with Crippen LogP contribution in [0.2, 0.25) is 0 Å². The minimum absolute atomic E-state index is 0.205. The van der Waals surface area contributed by atoms with Gasteiger partial charge in [-0.3, -0.25) is 0 Å². The molecule has 0 bridgehead atoms. The highest BCUT2D eigenvalue weighted by Gasteiger charge is 2.18. The first-order valence-corrected chi connectivity index (χ1v) is 11.7. The van der Waals surface area contributed by atoms with Crippen LogP contribution in [-0.4, -0.2) is 16.2 Å². The van der Waals surface area contributed by atoms with Crippen molar-refractivity contribution in [1.82, 2.24) is 9.55 Å². The lowest BCUT2D eigenvalue weighted by Gasteiger charge is -2.17. The predicted octanol–water partition coefficient (Wildman–Crippen LogP) is 7.08. The number of rotatable bonds is 8. The number of ether oxygens (including phenoxy) is 1. The third-order valence-corrected chi connectivity index (χ3v) is 5.97. The van der Waals surface area contributed by atoms with Crippen molar-refractivity contribution in [3.05, 3.63) is 94.8 Å². The zero-order chi connectivity index (χ0) is 22.7. The van der Waals surface area contributed by atoms with Gasteiger partial charge in [-0.15, -0.1) is 0 Å². The van der Waals surface area contributed by atoms with Crippen molar-refractivity contribution in [2.45, 2.75) is 53.5 Å². The maximum Gasteiger partial charge on any atom is 0.119 e. The van der Waals surface area contributed by atoms with Gasteiger partial charge in [-0.25, -0.2) is 4.98 Å². The van der Waals surface area contributed by atoms with Crippen LogP contribution in [-0.2, 0) is 13.0 Å². The van der Waals surface area contributed by atoms with Gasteiger partial charge in [0.1, 0.15) is 18.2 Å². The van der Waals surface area contributed by atoms with Crippen LogP contribution in [0.1, 0.15) is 54.8 Å². The van der Waals surface area contributed by atoms with Crippen molar-refractivity contribution < 1.29 is 4.74 Å². The lowest BCUT2D eigenvalue weighted by Crippen LogP contribution is -2.13. The number of aryl methyl sites for hydroxylation is 2. The SMILES string of the molecule is Cc1cc(C)cc(OCCn2c(C(C)c3ccc(CC(C)C)cc3)nc3ccccc32)c1. The van der Waals surface area contributed by atoms with E-state index in [1.165, 1.54) is 22.3 Å². The molecule has 0 fully saturated rings. The summed E-state index contributed by atoms with van der Waals surface area (Å²) in [4.78, 5) is 5.02. The van der Waals surface area contributed by atoms with Crippen LogP contribution in [0.5, 0.6) is 5.75 Å². The van der Waals surface area contributed by atoms with E-state index in [0.29, 0.717) is 12.5 Å². The molecule has 3 aromatic carbocycles. The third-order valence-electron chi connectivity index (χ3n) is 5.97. The second-order valence-electron chi connectivity index (χ2n) is 9.34. The molecule has 0 amide bonds. The standard InChI is InChI=1S/C29H34N2O/c1-20(2)16-24-10-12-25(13-11-24)23(5)29-30-27-8-6-7-9-28(27)31(29)14-15-32-26-18-21(3)17-22(4)19-26/h6-13,17-20,23H,14-16H2,1-5H3. The quantitative estimate of drug-likeness (QED) is 0.301. The van der Waals surface area contributed by atoms with E-state index in [1.54, 1.807) is 0 Å². The van der Waals surface area contributed by atoms with Crippen LogP contribution in [0.25, 0.3) is 11.0 Å². The zero-order valence-corrected chi connectivity index (χ0v) is 19.9. The molecule has 4 aromatic rings. The number of benzene rings is 3. The summed E-state index contributed by atoms with van der Waals surface area (Å²) in [7, 11) is 0. The van der Waals surface area contributed by atoms with Gasteiger partial charge in [0, 0.05) is 5.92 Å². The van der Waals surface area contributed by atoms with Gasteiger partial charge in [-0.1, -0.05) is 63.2 Å². The Balaban J connectivity index is 1.58. The Hall–Kier alpha value is -3.07. The zero-order valence-electron chi connectivity index (χ0n) is 19.9. The highest BCUT2D eigenvalue weighted by Crippen LogP contribution is 2.28. The molecule has 1 unspecified atom stereocenters. The highest BCUT2D eigenvalue weighted by atomic mass is 16.5. The van der Waals surface area contributed by atoms with Crippen LogP contribution < -0.4 is 4.74 Å². The Labute approximate surface area is 192 Å². The highest BCUT2D eigenvalue weighted by molar-refractivity contribution is 5.76. The molecule has 0 radical (unpaired) electrons. The van der Waals surface area contributed by atoms with Crippen molar-refractivity contribution in [3.8, 4) is 5.75 Å². The number of nitrogens with zero attached hydrogens (tertiary/aromatic N) is 2. The maximum atomic E-state index is 6.13. The van der Waals surface area contributed by atoms with E-state index in [9.17, 15) is 0 Å². The molecule has 0 spiro atoms. The van der Waals surface area contributed by atoms with Gasteiger partial charge in [0.2, 0.25) is 0 Å². The number of hydrogen-bond donors (Lipinski definition) is 0. The topological polar surface area (TPSA) is 27.1 Å². The summed E-state index contributed by atoms with van der Waals surface area (Å²) in [6.07, 6.45) is 1.11. The molecule has 0 aliphatic heterocycles. The Morgan fingerprint density at radius 3 is 2.25 bits per heavy atom. The largest absolute Gasteiger partial charge is 0.492 e. The second kappa shape index (κ2) is 9.60. The average Bonchev–Trinajstić information content (AvgIpc) is 3.11. The molecular formula is C29H34N2O. The molecule has 0 N–H and O–H groups in total. The first-order valence-electron chi connectivity index (χ1n) is 11.7. The van der Waals surface area contributed by atoms with Gasteiger partial charge in [0.05, 0.1) is 17.6 Å². The minimum Gasteiger partial charge on any atom is -0.492 e. The summed E-state index contributed by atoms with van der Waals surface area (Å²) in [5.74, 6) is 2.89. The van der Waals surface area contributed by atoms with E-state index >= 15 is 0 Å². The van der Waals surface area contributed by atoms with Gasteiger partial charge in [0.25, 0.3) is 0 Å². The van der Waals surface area contributed by atoms with Gasteiger partial charge in [0.15, 0.2) is 0 Å². The normalized spacial score (nSPS) is 12.4. The van der Waals surface area contributed by atoms with Crippen molar-refractivity contribution in [2.75, 3.05) is 6.61 Å². The minimum atomic E-state index is 0.205. The summed E-state index contributed by atoms with van der Waals surface area (Å²) in [6, 6.07) is 23.8. The van der Waals surface area contributed by atoms with Crippen LogP contribution in [0.15, 0.2) is 66.7 Å². The molecule has 3 heteroatoms. The van der Waals surface area contributed by atoms with Crippen molar-refractivity contribution in [2.24, 2.45) is 5.92 Å². The van der Waals surface area contributed by atoms with E-state index in [4.69, 9.17) is 9.72 Å². The lowest BCUT2D eigenvalue weighted by molar-refractivity contribution is 0.297. The Morgan fingerprint density at radius 2 is 1.56 bits per heavy atom. The smallest absolute Gasteiger partial charge is 0.119 e. The molecule has 0 aliphatic carbocycles. The molecular weight excluding hydrogens is 392 g/mol. The fraction of sp³-hybridized carbons (Fsp3) is 0.345. The van der Waals surface area contributed by atoms with E-state index < -0.39 is 0 Å². The van der Waals surface area contributed by atoms with Gasteiger partial charge < -0.3 is 9.30 Å². The van der Waals surface area contributed by atoms with E-state index in [1.807, 2.05) is 0 Å². The monoisotopic (exact) mass is 426 g/mol. The van der Waals surface area contributed by atoms with Gasteiger partial charge in [-0.2, -0.15) is 0 Å². The number of fused-ring (bicyclic) bond motifs is 1. The van der Waals surface area contributed by atoms with E-state index in [-0.39, 0.29) is 5.92 Å². The van der Waals surface area contributed by atoms with Crippen LogP contribution in [0.4, 0.5) is 0 Å². The number of para-hydroxylation sites is 2. The summed E-state index contributed by atoms with van der Waals surface area (Å²) < 4.78 is 8.46. The molecule has 0 aliphatic rings. The fourth-order valence-electron chi connectivity index (χ4n) is 4.49.